The van der Waals surface area contributed by atoms with Gasteiger partial charge in [0.15, 0.2) is 5.78 Å². The quantitative estimate of drug-likeness (QED) is 0.830. The molecule has 0 radical (unpaired) electrons. The standard InChI is InChI=1S/C16H21NO2/c18-15(14-9-2-1-3-10-17-14)13-8-4-6-12-7-5-11-19-16(12)13/h4,6,8,14,17H,1-3,5,7,9-11H2. The van der Waals surface area contributed by atoms with Crippen LogP contribution < -0.4 is 10.1 Å². The lowest BCUT2D eigenvalue weighted by molar-refractivity contribution is 0.0935. The van der Waals surface area contributed by atoms with Crippen LogP contribution in [0.1, 0.15) is 48.0 Å². The van der Waals surface area contributed by atoms with Crippen molar-refractivity contribution in [1.82, 2.24) is 5.32 Å². The Hall–Kier alpha value is -1.35. The van der Waals surface area contributed by atoms with Crippen LogP contribution in [0.15, 0.2) is 18.2 Å². The molecule has 19 heavy (non-hydrogen) atoms. The molecule has 1 N–H and O–H groups in total. The Balaban J connectivity index is 1.86. The molecule has 0 spiro atoms. The van der Waals surface area contributed by atoms with E-state index in [2.05, 4.69) is 11.4 Å². The molecule has 2 aliphatic heterocycles. The summed E-state index contributed by atoms with van der Waals surface area (Å²) >= 11 is 0. The van der Waals surface area contributed by atoms with Gasteiger partial charge in [-0.05, 0) is 43.9 Å². The zero-order valence-corrected chi connectivity index (χ0v) is 11.3. The van der Waals surface area contributed by atoms with Crippen molar-refractivity contribution in [1.29, 1.82) is 0 Å². The maximum absolute atomic E-state index is 12.7. The molecule has 1 atom stereocenters. The second kappa shape index (κ2) is 5.74. The molecule has 3 heteroatoms. The van der Waals surface area contributed by atoms with Crippen molar-refractivity contribution in [2.45, 2.75) is 44.6 Å². The minimum absolute atomic E-state index is 0.0282. The SMILES string of the molecule is O=C(c1cccc2c1OCCC2)C1CCCCCN1. The molecular weight excluding hydrogens is 238 g/mol. The van der Waals surface area contributed by atoms with Gasteiger partial charge in [0.25, 0.3) is 0 Å². The van der Waals surface area contributed by atoms with Crippen LogP contribution in [0.3, 0.4) is 0 Å². The average molecular weight is 259 g/mol. The van der Waals surface area contributed by atoms with E-state index in [0.29, 0.717) is 0 Å². The largest absolute Gasteiger partial charge is 0.493 e. The first-order valence-corrected chi connectivity index (χ1v) is 7.38. The Morgan fingerprint density at radius 1 is 1.21 bits per heavy atom. The van der Waals surface area contributed by atoms with E-state index in [1.807, 2.05) is 12.1 Å². The third kappa shape index (κ3) is 2.66. The fraction of sp³-hybridized carbons (Fsp3) is 0.562. The summed E-state index contributed by atoms with van der Waals surface area (Å²) in [5.74, 6) is 1.05. The summed E-state index contributed by atoms with van der Waals surface area (Å²) in [5.41, 5.74) is 1.96. The number of ether oxygens (including phenoxy) is 1. The second-order valence-corrected chi connectivity index (χ2v) is 5.47. The van der Waals surface area contributed by atoms with Gasteiger partial charge in [-0.3, -0.25) is 4.79 Å². The summed E-state index contributed by atoms with van der Waals surface area (Å²) in [6.45, 7) is 1.68. The maximum Gasteiger partial charge on any atom is 0.183 e. The van der Waals surface area contributed by atoms with Crippen LogP contribution in [0, 0.1) is 0 Å². The molecule has 1 aromatic rings. The molecule has 2 heterocycles. The van der Waals surface area contributed by atoms with Gasteiger partial charge in [0, 0.05) is 0 Å². The van der Waals surface area contributed by atoms with E-state index in [0.717, 1.165) is 50.1 Å². The number of fused-ring (bicyclic) bond motifs is 1. The fourth-order valence-electron chi connectivity index (χ4n) is 3.02. The summed E-state index contributed by atoms with van der Waals surface area (Å²) in [7, 11) is 0. The molecule has 2 aliphatic rings. The number of ketones is 1. The molecule has 3 rings (SSSR count). The molecule has 0 amide bonds. The monoisotopic (exact) mass is 259 g/mol. The molecule has 102 valence electrons. The van der Waals surface area contributed by atoms with Gasteiger partial charge in [0.1, 0.15) is 5.75 Å². The highest BCUT2D eigenvalue weighted by Crippen LogP contribution is 2.30. The average Bonchev–Trinajstić information content (AvgIpc) is 2.75. The van der Waals surface area contributed by atoms with Crippen molar-refractivity contribution in [2.24, 2.45) is 0 Å². The number of carbonyl (C=O) groups is 1. The van der Waals surface area contributed by atoms with Crippen LogP contribution in [-0.2, 0) is 6.42 Å². The first kappa shape index (κ1) is 12.7. The van der Waals surface area contributed by atoms with Crippen molar-refractivity contribution >= 4 is 5.78 Å². The van der Waals surface area contributed by atoms with Gasteiger partial charge in [-0.25, -0.2) is 0 Å². The van der Waals surface area contributed by atoms with Crippen molar-refractivity contribution in [3.63, 3.8) is 0 Å². The number of benzene rings is 1. The summed E-state index contributed by atoms with van der Waals surface area (Å²) in [5, 5.41) is 3.38. The molecule has 0 bridgehead atoms. The van der Waals surface area contributed by atoms with Crippen LogP contribution in [0.2, 0.25) is 0 Å². The molecule has 1 fully saturated rings. The second-order valence-electron chi connectivity index (χ2n) is 5.47. The van der Waals surface area contributed by atoms with Gasteiger partial charge >= 0.3 is 0 Å². The predicted octanol–water partition coefficient (Wildman–Crippen LogP) is 2.73. The number of nitrogens with one attached hydrogen (secondary N) is 1. The van der Waals surface area contributed by atoms with Gasteiger partial charge < -0.3 is 10.1 Å². The lowest BCUT2D eigenvalue weighted by atomic mass is 9.95. The molecule has 1 aromatic carbocycles. The van der Waals surface area contributed by atoms with Gasteiger partial charge in [-0.2, -0.15) is 0 Å². The Morgan fingerprint density at radius 3 is 3.11 bits per heavy atom. The van der Waals surface area contributed by atoms with E-state index in [-0.39, 0.29) is 11.8 Å². The van der Waals surface area contributed by atoms with Crippen molar-refractivity contribution in [3.05, 3.63) is 29.3 Å². The summed E-state index contributed by atoms with van der Waals surface area (Å²) in [4.78, 5) is 12.7. The van der Waals surface area contributed by atoms with E-state index in [4.69, 9.17) is 4.74 Å². The molecular formula is C16H21NO2. The van der Waals surface area contributed by atoms with Crippen molar-refractivity contribution < 1.29 is 9.53 Å². The Labute approximate surface area is 114 Å². The first-order valence-electron chi connectivity index (χ1n) is 7.38. The number of rotatable bonds is 2. The Morgan fingerprint density at radius 2 is 2.16 bits per heavy atom. The molecule has 0 aromatic heterocycles. The van der Waals surface area contributed by atoms with Crippen LogP contribution in [0.5, 0.6) is 5.75 Å². The highest BCUT2D eigenvalue weighted by molar-refractivity contribution is 6.02. The maximum atomic E-state index is 12.7. The third-order valence-electron chi connectivity index (χ3n) is 4.08. The van der Waals surface area contributed by atoms with Crippen molar-refractivity contribution in [3.8, 4) is 5.75 Å². The molecule has 0 aliphatic carbocycles. The van der Waals surface area contributed by atoms with E-state index < -0.39 is 0 Å². The molecule has 1 saturated heterocycles. The number of hydrogen-bond donors (Lipinski definition) is 1. The number of para-hydroxylation sites is 1. The van der Waals surface area contributed by atoms with E-state index in [1.54, 1.807) is 0 Å². The number of aryl methyl sites for hydroxylation is 1. The topological polar surface area (TPSA) is 38.3 Å². The van der Waals surface area contributed by atoms with Gasteiger partial charge in [-0.15, -0.1) is 0 Å². The highest BCUT2D eigenvalue weighted by atomic mass is 16.5. The van der Waals surface area contributed by atoms with Crippen LogP contribution in [-0.4, -0.2) is 25.0 Å². The lowest BCUT2D eigenvalue weighted by Gasteiger charge is -2.22. The number of hydrogen-bond acceptors (Lipinski definition) is 3. The zero-order valence-electron chi connectivity index (χ0n) is 11.3. The Bertz CT molecular complexity index is 462. The third-order valence-corrected chi connectivity index (χ3v) is 4.08. The molecule has 0 saturated carbocycles. The minimum atomic E-state index is -0.0282. The first-order chi connectivity index (χ1) is 9.36. The fourth-order valence-corrected chi connectivity index (χ4v) is 3.02. The summed E-state index contributed by atoms with van der Waals surface area (Å²) < 4.78 is 5.75. The van der Waals surface area contributed by atoms with Gasteiger partial charge in [0.2, 0.25) is 0 Å². The summed E-state index contributed by atoms with van der Waals surface area (Å²) in [6.07, 6.45) is 6.55. The van der Waals surface area contributed by atoms with Gasteiger partial charge in [-0.1, -0.05) is 25.0 Å². The number of Topliss-reactive ketones (excluding diaryl/α,β-unsaturated/α-hetero) is 1. The van der Waals surface area contributed by atoms with Crippen LogP contribution in [0.4, 0.5) is 0 Å². The van der Waals surface area contributed by atoms with Crippen LogP contribution in [0.25, 0.3) is 0 Å². The smallest absolute Gasteiger partial charge is 0.183 e. The van der Waals surface area contributed by atoms with E-state index >= 15 is 0 Å². The normalized spacial score (nSPS) is 23.1. The highest BCUT2D eigenvalue weighted by Gasteiger charge is 2.25. The van der Waals surface area contributed by atoms with Gasteiger partial charge in [0.05, 0.1) is 18.2 Å². The Kier molecular flexibility index (Phi) is 3.83. The summed E-state index contributed by atoms with van der Waals surface area (Å²) in [6, 6.07) is 5.95. The molecule has 3 nitrogen and oxygen atoms in total. The van der Waals surface area contributed by atoms with Crippen LogP contribution >= 0.6 is 0 Å². The predicted molar refractivity (Wildman–Crippen MR) is 74.8 cm³/mol. The minimum Gasteiger partial charge on any atom is -0.493 e. The van der Waals surface area contributed by atoms with E-state index in [1.165, 1.54) is 18.4 Å². The molecule has 1 unspecified atom stereocenters. The lowest BCUT2D eigenvalue weighted by Crippen LogP contribution is -2.36. The van der Waals surface area contributed by atoms with Crippen molar-refractivity contribution in [2.75, 3.05) is 13.2 Å². The number of carbonyl (C=O) groups excluding carboxylic acids is 1. The van der Waals surface area contributed by atoms with E-state index in [9.17, 15) is 4.79 Å². The zero-order chi connectivity index (χ0) is 13.1.